The SMILES string of the molecule is CCCN(CCC)C(=O)c1cc(C(N)=O)cc(C(=O)N[C@@H](CSc2ccccc2)[C@H](O)CNCc2cccc(OC)c2)c1. The van der Waals surface area contributed by atoms with Crippen molar-refractivity contribution in [1.29, 1.82) is 0 Å². The van der Waals surface area contributed by atoms with Crippen LogP contribution in [0.4, 0.5) is 0 Å². The van der Waals surface area contributed by atoms with Gasteiger partial charge in [0, 0.05) is 53.5 Å². The van der Waals surface area contributed by atoms with Gasteiger partial charge in [-0.05, 0) is 60.9 Å². The van der Waals surface area contributed by atoms with Crippen LogP contribution in [0.15, 0.2) is 77.7 Å². The molecule has 0 aliphatic carbocycles. The largest absolute Gasteiger partial charge is 0.497 e. The molecule has 0 fully saturated rings. The Morgan fingerprint density at radius 3 is 2.26 bits per heavy atom. The number of methoxy groups -OCH3 is 1. The number of hydrogen-bond acceptors (Lipinski definition) is 7. The fourth-order valence-electron chi connectivity index (χ4n) is 4.55. The van der Waals surface area contributed by atoms with Crippen molar-refractivity contribution in [2.45, 2.75) is 50.3 Å². The number of rotatable bonds is 17. The van der Waals surface area contributed by atoms with Gasteiger partial charge in [-0.15, -0.1) is 11.8 Å². The Morgan fingerprint density at radius 2 is 1.60 bits per heavy atom. The van der Waals surface area contributed by atoms with Crippen molar-refractivity contribution in [1.82, 2.24) is 15.5 Å². The molecule has 0 heterocycles. The van der Waals surface area contributed by atoms with Crippen molar-refractivity contribution in [2.24, 2.45) is 5.73 Å². The third-order valence-corrected chi connectivity index (χ3v) is 7.90. The van der Waals surface area contributed by atoms with Crippen LogP contribution in [0.2, 0.25) is 0 Å². The molecule has 2 atom stereocenters. The van der Waals surface area contributed by atoms with Gasteiger partial charge in [0.1, 0.15) is 5.75 Å². The number of aliphatic hydroxyl groups is 1. The third-order valence-electron chi connectivity index (χ3n) is 6.77. The van der Waals surface area contributed by atoms with Crippen LogP contribution in [0.5, 0.6) is 5.75 Å². The third kappa shape index (κ3) is 10.4. The van der Waals surface area contributed by atoms with Crippen molar-refractivity contribution in [2.75, 3.05) is 32.5 Å². The number of benzene rings is 3. The second-order valence-corrected chi connectivity index (χ2v) is 11.3. The van der Waals surface area contributed by atoms with E-state index in [1.54, 1.807) is 12.0 Å². The molecule has 3 aromatic rings. The maximum absolute atomic E-state index is 13.6. The first-order chi connectivity index (χ1) is 20.7. The number of nitrogens with zero attached hydrogens (tertiary/aromatic N) is 1. The Balaban J connectivity index is 1.80. The Hall–Kier alpha value is -3.86. The van der Waals surface area contributed by atoms with Gasteiger partial charge in [-0.2, -0.15) is 0 Å². The van der Waals surface area contributed by atoms with E-state index >= 15 is 0 Å². The molecule has 3 amide bonds. The molecule has 0 spiro atoms. The number of thioether (sulfide) groups is 1. The lowest BCUT2D eigenvalue weighted by Gasteiger charge is -2.25. The molecule has 0 aromatic heterocycles. The second kappa shape index (κ2) is 17.3. The molecule has 0 radical (unpaired) electrons. The predicted molar refractivity (Wildman–Crippen MR) is 171 cm³/mol. The van der Waals surface area contributed by atoms with Crippen LogP contribution in [-0.2, 0) is 6.54 Å². The number of primary amides is 1. The van der Waals surface area contributed by atoms with Gasteiger partial charge in [-0.25, -0.2) is 0 Å². The van der Waals surface area contributed by atoms with E-state index in [0.29, 0.717) is 25.4 Å². The number of amides is 3. The highest BCUT2D eigenvalue weighted by atomic mass is 32.2. The quantitative estimate of drug-likeness (QED) is 0.170. The maximum Gasteiger partial charge on any atom is 0.253 e. The molecule has 3 aromatic carbocycles. The van der Waals surface area contributed by atoms with Gasteiger partial charge in [-0.3, -0.25) is 14.4 Å². The average Bonchev–Trinajstić information content (AvgIpc) is 3.02. The zero-order valence-electron chi connectivity index (χ0n) is 25.0. The van der Waals surface area contributed by atoms with Gasteiger partial charge in [0.15, 0.2) is 0 Å². The van der Waals surface area contributed by atoms with Gasteiger partial charge in [0.2, 0.25) is 5.91 Å². The summed E-state index contributed by atoms with van der Waals surface area (Å²) in [5.74, 6) is -0.384. The zero-order chi connectivity index (χ0) is 31.2. The summed E-state index contributed by atoms with van der Waals surface area (Å²) in [6.07, 6.45) is 0.619. The van der Waals surface area contributed by atoms with E-state index in [-0.39, 0.29) is 29.1 Å². The van der Waals surface area contributed by atoms with E-state index < -0.39 is 24.0 Å². The molecule has 0 saturated carbocycles. The van der Waals surface area contributed by atoms with Gasteiger partial charge < -0.3 is 31.1 Å². The Kier molecular flexibility index (Phi) is 13.5. The van der Waals surface area contributed by atoms with Crippen molar-refractivity contribution in [3.8, 4) is 5.75 Å². The molecule has 43 heavy (non-hydrogen) atoms. The van der Waals surface area contributed by atoms with E-state index in [9.17, 15) is 19.5 Å². The van der Waals surface area contributed by atoms with Gasteiger partial charge in [0.25, 0.3) is 11.8 Å². The van der Waals surface area contributed by atoms with Crippen molar-refractivity contribution < 1.29 is 24.2 Å². The monoisotopic (exact) mass is 606 g/mol. The van der Waals surface area contributed by atoms with Crippen molar-refractivity contribution in [3.63, 3.8) is 0 Å². The number of carbonyl (C=O) groups is 3. The van der Waals surface area contributed by atoms with Crippen LogP contribution < -0.4 is 21.1 Å². The molecule has 230 valence electrons. The normalized spacial score (nSPS) is 12.3. The maximum atomic E-state index is 13.6. The molecule has 10 heteroatoms. The summed E-state index contributed by atoms with van der Waals surface area (Å²) < 4.78 is 5.28. The van der Waals surface area contributed by atoms with Crippen LogP contribution in [0, 0.1) is 0 Å². The summed E-state index contributed by atoms with van der Waals surface area (Å²) in [5.41, 5.74) is 6.98. The van der Waals surface area contributed by atoms with Gasteiger partial charge in [-0.1, -0.05) is 44.2 Å². The van der Waals surface area contributed by atoms with E-state index in [2.05, 4.69) is 10.6 Å². The van der Waals surface area contributed by atoms with Crippen LogP contribution in [-0.4, -0.2) is 72.4 Å². The Labute approximate surface area is 258 Å². The summed E-state index contributed by atoms with van der Waals surface area (Å²) in [4.78, 5) is 41.7. The standard InChI is InChI=1S/C33H42N4O5S/c1-4-14-37(15-5-2)33(41)26-18-24(31(34)39)17-25(19-26)32(40)36-29(22-43-28-12-7-6-8-13-28)30(38)21-35-20-23-10-9-11-27(16-23)42-3/h6-13,16-19,29-30,35,38H,4-5,14-15,20-22H2,1-3H3,(H2,34,39)(H,36,40)/t29-,30+/m0/s1. The number of carbonyl (C=O) groups excluding carboxylic acids is 3. The van der Waals surface area contributed by atoms with Crippen molar-refractivity contribution in [3.05, 3.63) is 95.1 Å². The fourth-order valence-corrected chi connectivity index (χ4v) is 5.58. The van der Waals surface area contributed by atoms with Crippen LogP contribution in [0.25, 0.3) is 0 Å². The first kappa shape index (κ1) is 33.6. The van der Waals surface area contributed by atoms with Gasteiger partial charge in [0.05, 0.1) is 19.3 Å². The molecular formula is C33H42N4O5S. The predicted octanol–water partition coefficient (Wildman–Crippen LogP) is 4.10. The Morgan fingerprint density at radius 1 is 0.930 bits per heavy atom. The molecule has 9 nitrogen and oxygen atoms in total. The van der Waals surface area contributed by atoms with Crippen LogP contribution in [0.3, 0.4) is 0 Å². The highest BCUT2D eigenvalue weighted by Crippen LogP contribution is 2.20. The number of hydrogen-bond donors (Lipinski definition) is 4. The summed E-state index contributed by atoms with van der Waals surface area (Å²) in [6, 6.07) is 21.0. The second-order valence-electron chi connectivity index (χ2n) is 10.2. The highest BCUT2D eigenvalue weighted by molar-refractivity contribution is 7.99. The van der Waals surface area contributed by atoms with Gasteiger partial charge >= 0.3 is 0 Å². The lowest BCUT2D eigenvalue weighted by molar-refractivity contribution is 0.0755. The molecule has 0 unspecified atom stereocenters. The fraction of sp³-hybridized carbons (Fsp3) is 0.364. The summed E-state index contributed by atoms with van der Waals surface area (Å²) in [7, 11) is 1.61. The summed E-state index contributed by atoms with van der Waals surface area (Å²) in [6.45, 7) is 5.80. The lowest BCUT2D eigenvalue weighted by atomic mass is 10.0. The van der Waals surface area contributed by atoms with Crippen LogP contribution in [0.1, 0.15) is 63.3 Å². The molecule has 0 aliphatic rings. The first-order valence-electron chi connectivity index (χ1n) is 14.5. The first-order valence-corrected chi connectivity index (χ1v) is 15.5. The molecule has 3 rings (SSSR count). The van der Waals surface area contributed by atoms with E-state index in [4.69, 9.17) is 10.5 Å². The number of ether oxygens (including phenoxy) is 1. The molecule has 0 saturated heterocycles. The minimum absolute atomic E-state index is 0.0691. The van der Waals surface area contributed by atoms with E-state index in [0.717, 1.165) is 29.1 Å². The van der Waals surface area contributed by atoms with E-state index in [1.165, 1.54) is 30.0 Å². The minimum atomic E-state index is -0.934. The molecular weight excluding hydrogens is 564 g/mol. The zero-order valence-corrected chi connectivity index (χ0v) is 25.9. The molecule has 0 bridgehead atoms. The van der Waals surface area contributed by atoms with Crippen LogP contribution >= 0.6 is 11.8 Å². The number of nitrogens with two attached hydrogens (primary N) is 1. The highest BCUT2D eigenvalue weighted by Gasteiger charge is 2.24. The number of nitrogens with one attached hydrogen (secondary N) is 2. The summed E-state index contributed by atoms with van der Waals surface area (Å²) >= 11 is 1.51. The van der Waals surface area contributed by atoms with E-state index in [1.807, 2.05) is 68.4 Å². The average molecular weight is 607 g/mol. The molecule has 0 aliphatic heterocycles. The number of aliphatic hydroxyl groups excluding tert-OH is 1. The Bertz CT molecular complexity index is 1350. The summed E-state index contributed by atoms with van der Waals surface area (Å²) in [5, 5.41) is 17.4. The van der Waals surface area contributed by atoms with Crippen molar-refractivity contribution >= 4 is 29.5 Å². The molecule has 5 N–H and O–H groups in total. The lowest BCUT2D eigenvalue weighted by Crippen LogP contribution is -2.49. The smallest absolute Gasteiger partial charge is 0.253 e. The minimum Gasteiger partial charge on any atom is -0.497 e. The topological polar surface area (TPSA) is 134 Å².